The van der Waals surface area contributed by atoms with E-state index in [9.17, 15) is 14.0 Å². The fourth-order valence-electron chi connectivity index (χ4n) is 4.11. The molecule has 7 nitrogen and oxygen atoms in total. The largest absolute Gasteiger partial charge is 0.366 e. The molecular weight excluding hydrogens is 409 g/mol. The van der Waals surface area contributed by atoms with Crippen LogP contribution in [-0.4, -0.2) is 26.6 Å². The first kappa shape index (κ1) is 21.2. The minimum Gasteiger partial charge on any atom is -0.366 e. The lowest BCUT2D eigenvalue weighted by molar-refractivity contribution is 0.0996. The number of nitrogens with zero attached hydrogens (tertiary/aromatic N) is 3. The average molecular weight is 431 g/mol. The molecule has 0 radical (unpaired) electrons. The number of rotatable bonds is 5. The number of primary amides is 2. The van der Waals surface area contributed by atoms with Crippen molar-refractivity contribution in [2.24, 2.45) is 11.5 Å². The molecule has 2 aromatic carbocycles. The first-order valence-electron chi connectivity index (χ1n) is 10.00. The van der Waals surface area contributed by atoms with Crippen LogP contribution in [0.2, 0.25) is 0 Å². The Hall–Kier alpha value is -4.07. The molecule has 0 aliphatic heterocycles. The van der Waals surface area contributed by atoms with Crippen LogP contribution in [0.5, 0.6) is 0 Å². The summed E-state index contributed by atoms with van der Waals surface area (Å²) in [7, 11) is 0. The van der Waals surface area contributed by atoms with E-state index in [0.717, 1.165) is 22.9 Å². The second kappa shape index (κ2) is 7.88. The van der Waals surface area contributed by atoms with Crippen molar-refractivity contribution in [3.05, 3.63) is 82.1 Å². The maximum absolute atomic E-state index is 13.8. The Morgan fingerprint density at radius 1 is 1.00 bits per heavy atom. The van der Waals surface area contributed by atoms with Crippen molar-refractivity contribution in [3.63, 3.8) is 0 Å². The number of hydrogen-bond acceptors (Lipinski definition) is 4. The lowest BCUT2D eigenvalue weighted by atomic mass is 9.92. The first-order valence-corrected chi connectivity index (χ1v) is 10.00. The monoisotopic (exact) mass is 431 g/mol. The van der Waals surface area contributed by atoms with Crippen LogP contribution in [0, 0.1) is 26.6 Å². The molecule has 0 bridgehead atoms. The number of fused-ring (bicyclic) bond motifs is 1. The SMILES string of the molecule is Cc1cccc(Cn2nc(C)c(-c3c(C(N)=O)nc4cc(F)ccc4c3C(N)=O)c2C)c1. The van der Waals surface area contributed by atoms with Crippen LogP contribution in [0.1, 0.15) is 43.4 Å². The van der Waals surface area contributed by atoms with Gasteiger partial charge in [-0.05, 0) is 38.5 Å². The molecule has 0 aliphatic carbocycles. The molecular formula is C24H22FN5O2. The van der Waals surface area contributed by atoms with Gasteiger partial charge in [0.25, 0.3) is 5.91 Å². The van der Waals surface area contributed by atoms with E-state index in [1.165, 1.54) is 12.1 Å². The fourth-order valence-corrected chi connectivity index (χ4v) is 4.11. The molecule has 0 saturated heterocycles. The molecule has 0 atom stereocenters. The predicted molar refractivity (Wildman–Crippen MR) is 120 cm³/mol. The van der Waals surface area contributed by atoms with Gasteiger partial charge in [0, 0.05) is 28.3 Å². The highest BCUT2D eigenvalue weighted by Gasteiger charge is 2.27. The molecule has 2 aromatic heterocycles. The van der Waals surface area contributed by atoms with Gasteiger partial charge in [0.1, 0.15) is 11.5 Å². The molecule has 4 aromatic rings. The Bertz CT molecular complexity index is 1410. The summed E-state index contributed by atoms with van der Waals surface area (Å²) in [6, 6.07) is 11.8. The molecule has 2 heterocycles. The van der Waals surface area contributed by atoms with E-state index in [0.29, 0.717) is 23.2 Å². The molecule has 4 rings (SSSR count). The summed E-state index contributed by atoms with van der Waals surface area (Å²) in [5.41, 5.74) is 15.6. The number of pyridine rings is 1. The van der Waals surface area contributed by atoms with Crippen molar-refractivity contribution in [1.82, 2.24) is 14.8 Å². The predicted octanol–water partition coefficient (Wildman–Crippen LogP) is 3.41. The highest BCUT2D eigenvalue weighted by atomic mass is 19.1. The first-order chi connectivity index (χ1) is 15.2. The molecule has 0 unspecified atom stereocenters. The summed E-state index contributed by atoms with van der Waals surface area (Å²) in [4.78, 5) is 29.2. The van der Waals surface area contributed by atoms with Gasteiger partial charge in [0.05, 0.1) is 23.3 Å². The van der Waals surface area contributed by atoms with Gasteiger partial charge < -0.3 is 11.5 Å². The van der Waals surface area contributed by atoms with Crippen LogP contribution in [0.25, 0.3) is 22.0 Å². The summed E-state index contributed by atoms with van der Waals surface area (Å²) in [5, 5.41) is 4.97. The van der Waals surface area contributed by atoms with Gasteiger partial charge in [-0.15, -0.1) is 0 Å². The van der Waals surface area contributed by atoms with Gasteiger partial charge in [-0.2, -0.15) is 5.10 Å². The summed E-state index contributed by atoms with van der Waals surface area (Å²) >= 11 is 0. The molecule has 0 spiro atoms. The van der Waals surface area contributed by atoms with Crippen molar-refractivity contribution in [3.8, 4) is 11.1 Å². The van der Waals surface area contributed by atoms with Crippen molar-refractivity contribution < 1.29 is 14.0 Å². The van der Waals surface area contributed by atoms with E-state index in [1.54, 1.807) is 11.6 Å². The second-order valence-corrected chi connectivity index (χ2v) is 7.79. The molecule has 8 heteroatoms. The topological polar surface area (TPSA) is 117 Å². The number of hydrogen-bond donors (Lipinski definition) is 2. The molecule has 4 N–H and O–H groups in total. The minimum atomic E-state index is -0.848. The summed E-state index contributed by atoms with van der Waals surface area (Å²) < 4.78 is 15.6. The van der Waals surface area contributed by atoms with Crippen LogP contribution >= 0.6 is 0 Å². The van der Waals surface area contributed by atoms with Gasteiger partial charge in [-0.25, -0.2) is 9.37 Å². The standard InChI is InChI=1S/C24H22FN5O2/c1-12-5-4-6-15(9-12)11-30-14(3)19(13(2)29-30)21-20(23(26)31)17-8-7-16(25)10-18(17)28-22(21)24(27)32/h4-10H,11H2,1-3H3,(H2,26,31)(H2,27,32). The smallest absolute Gasteiger partial charge is 0.267 e. The third-order valence-electron chi connectivity index (χ3n) is 5.47. The number of carbonyl (C=O) groups is 2. The number of nitrogens with two attached hydrogens (primary N) is 2. The van der Waals surface area contributed by atoms with Crippen molar-refractivity contribution in [1.29, 1.82) is 0 Å². The van der Waals surface area contributed by atoms with Crippen LogP contribution in [0.15, 0.2) is 42.5 Å². The Morgan fingerprint density at radius 3 is 2.41 bits per heavy atom. The van der Waals surface area contributed by atoms with E-state index >= 15 is 0 Å². The summed E-state index contributed by atoms with van der Waals surface area (Å²) in [6.45, 7) is 6.13. The highest BCUT2D eigenvalue weighted by Crippen LogP contribution is 2.36. The van der Waals surface area contributed by atoms with E-state index in [4.69, 9.17) is 11.5 Å². The van der Waals surface area contributed by atoms with Crippen LogP contribution in [-0.2, 0) is 6.54 Å². The molecule has 2 amide bonds. The van der Waals surface area contributed by atoms with Gasteiger partial charge in [-0.1, -0.05) is 29.8 Å². The highest BCUT2D eigenvalue weighted by molar-refractivity contribution is 6.15. The van der Waals surface area contributed by atoms with E-state index in [-0.39, 0.29) is 22.3 Å². The fraction of sp³-hybridized carbons (Fsp3) is 0.167. The zero-order valence-electron chi connectivity index (χ0n) is 17.9. The number of carbonyl (C=O) groups excluding carboxylic acids is 2. The Balaban J connectivity index is 2.01. The van der Waals surface area contributed by atoms with Crippen LogP contribution in [0.3, 0.4) is 0 Å². The number of aryl methyl sites for hydroxylation is 2. The third kappa shape index (κ3) is 3.60. The summed E-state index contributed by atoms with van der Waals surface area (Å²) in [6.07, 6.45) is 0. The van der Waals surface area contributed by atoms with E-state index in [2.05, 4.69) is 16.1 Å². The van der Waals surface area contributed by atoms with Crippen molar-refractivity contribution >= 4 is 22.7 Å². The van der Waals surface area contributed by atoms with Gasteiger partial charge in [0.15, 0.2) is 0 Å². The second-order valence-electron chi connectivity index (χ2n) is 7.79. The number of benzene rings is 2. The quantitative estimate of drug-likeness (QED) is 0.503. The Labute approximate surface area is 183 Å². The lowest BCUT2D eigenvalue weighted by Crippen LogP contribution is -2.21. The number of amides is 2. The molecule has 0 saturated carbocycles. The van der Waals surface area contributed by atoms with Crippen molar-refractivity contribution in [2.45, 2.75) is 27.3 Å². The maximum atomic E-state index is 13.8. The normalized spacial score (nSPS) is 11.1. The van der Waals surface area contributed by atoms with Crippen molar-refractivity contribution in [2.75, 3.05) is 0 Å². The molecule has 0 aliphatic rings. The van der Waals surface area contributed by atoms with E-state index < -0.39 is 17.6 Å². The summed E-state index contributed by atoms with van der Waals surface area (Å²) in [5.74, 6) is -2.17. The zero-order valence-corrected chi connectivity index (χ0v) is 17.9. The molecule has 32 heavy (non-hydrogen) atoms. The average Bonchev–Trinajstić information content (AvgIpc) is 2.99. The van der Waals surface area contributed by atoms with Gasteiger partial charge in [-0.3, -0.25) is 14.3 Å². The van der Waals surface area contributed by atoms with Crippen LogP contribution < -0.4 is 11.5 Å². The number of aromatic nitrogens is 3. The molecule has 162 valence electrons. The Kier molecular flexibility index (Phi) is 5.22. The van der Waals surface area contributed by atoms with Gasteiger partial charge in [0.2, 0.25) is 5.91 Å². The van der Waals surface area contributed by atoms with E-state index in [1.807, 2.05) is 32.0 Å². The minimum absolute atomic E-state index is 0.0603. The third-order valence-corrected chi connectivity index (χ3v) is 5.47. The van der Waals surface area contributed by atoms with Crippen LogP contribution in [0.4, 0.5) is 4.39 Å². The zero-order chi connectivity index (χ0) is 23.2. The number of halogens is 1. The van der Waals surface area contributed by atoms with Gasteiger partial charge >= 0.3 is 0 Å². The lowest BCUT2D eigenvalue weighted by Gasteiger charge is -2.15. The molecule has 0 fully saturated rings. The maximum Gasteiger partial charge on any atom is 0.267 e. The Morgan fingerprint density at radius 2 is 1.75 bits per heavy atom.